The second-order valence-corrected chi connectivity index (χ2v) is 0.476. The van der Waals surface area contributed by atoms with Crippen LogP contribution in [0.15, 0.2) is 0 Å². The molecule has 0 spiro atoms. The summed E-state index contributed by atoms with van der Waals surface area (Å²) in [5.74, 6) is 0. The molecule has 0 aromatic rings. The normalized spacial score (nSPS) is 4.80. The molecule has 8 nitrogen and oxygen atoms in total. The summed E-state index contributed by atoms with van der Waals surface area (Å²) >= 11 is 0. The molecule has 0 aromatic carbocycles. The van der Waals surface area contributed by atoms with Gasteiger partial charge >= 0.3 is 37.7 Å². The van der Waals surface area contributed by atoms with E-state index in [1.165, 1.54) is 0 Å². The van der Waals surface area contributed by atoms with E-state index >= 15 is 0 Å². The monoisotopic (exact) mass is 204 g/mol. The summed E-state index contributed by atoms with van der Waals surface area (Å²) in [5, 5.41) is 27.3. The Morgan fingerprint density at radius 2 is 1.00 bits per heavy atom. The standard InChI is InChI=1S/Ca.ClH.2HNO3.2H/c;;2*2-1(3)4;;/h;1H;2*(H,2,3,4);;. The first kappa shape index (κ1) is 22.5. The van der Waals surface area contributed by atoms with E-state index in [1.807, 2.05) is 0 Å². The molecule has 0 aliphatic rings. The zero-order chi connectivity index (χ0) is 7.15. The van der Waals surface area contributed by atoms with Crippen LogP contribution in [-0.4, -0.2) is 58.3 Å². The molecule has 0 radical (unpaired) electrons. The molecule has 0 rings (SSSR count). The van der Waals surface area contributed by atoms with Crippen molar-refractivity contribution in [2.24, 2.45) is 0 Å². The van der Waals surface area contributed by atoms with E-state index in [0.717, 1.165) is 0 Å². The molecule has 10 heavy (non-hydrogen) atoms. The van der Waals surface area contributed by atoms with E-state index in [1.54, 1.807) is 0 Å². The van der Waals surface area contributed by atoms with Gasteiger partial charge in [-0.3, -0.25) is 0 Å². The van der Waals surface area contributed by atoms with Crippen LogP contribution in [0.2, 0.25) is 0 Å². The van der Waals surface area contributed by atoms with E-state index in [4.69, 9.17) is 30.6 Å². The van der Waals surface area contributed by atoms with Gasteiger partial charge in [0.15, 0.2) is 0 Å². The number of hydrogen-bond donors (Lipinski definition) is 2. The molecule has 0 heterocycles. The molecule has 0 amide bonds. The van der Waals surface area contributed by atoms with Crippen molar-refractivity contribution in [3.63, 3.8) is 0 Å². The summed E-state index contributed by atoms with van der Waals surface area (Å²) in [5.41, 5.74) is 0. The van der Waals surface area contributed by atoms with Gasteiger partial charge in [0.1, 0.15) is 0 Å². The fourth-order valence-corrected chi connectivity index (χ4v) is 0. The van der Waals surface area contributed by atoms with Crippen molar-refractivity contribution in [1.82, 2.24) is 0 Å². The Morgan fingerprint density at radius 1 is 1.00 bits per heavy atom. The molecular formula is H5CaClN2O6. The average Bonchev–Trinajstić information content (AvgIpc) is 1.25. The van der Waals surface area contributed by atoms with Crippen LogP contribution < -0.4 is 0 Å². The molecule has 2 N–H and O–H groups in total. The van der Waals surface area contributed by atoms with Crippen molar-refractivity contribution >= 4 is 50.1 Å². The van der Waals surface area contributed by atoms with Gasteiger partial charge in [-0.05, 0) is 0 Å². The van der Waals surface area contributed by atoms with Crippen molar-refractivity contribution in [3.05, 3.63) is 20.2 Å². The third kappa shape index (κ3) is 152000. The van der Waals surface area contributed by atoms with Crippen LogP contribution in [-0.2, 0) is 0 Å². The van der Waals surface area contributed by atoms with Crippen molar-refractivity contribution in [1.29, 1.82) is 0 Å². The van der Waals surface area contributed by atoms with Gasteiger partial charge in [0.05, 0.1) is 0 Å². The number of nitrogens with zero attached hydrogens (tertiary/aromatic N) is 2. The molecule has 0 aliphatic heterocycles. The zero-order valence-corrected chi connectivity index (χ0v) is 4.65. The Balaban J connectivity index is -0.0000000300. The molecule has 0 fully saturated rings. The van der Waals surface area contributed by atoms with Crippen molar-refractivity contribution in [2.45, 2.75) is 0 Å². The first-order valence-corrected chi connectivity index (χ1v) is 1.13. The summed E-state index contributed by atoms with van der Waals surface area (Å²) in [7, 11) is 0. The molecule has 0 bridgehead atoms. The van der Waals surface area contributed by atoms with E-state index < -0.39 is 10.2 Å². The minimum absolute atomic E-state index is 0. The van der Waals surface area contributed by atoms with Crippen molar-refractivity contribution in [2.75, 3.05) is 0 Å². The number of hydrogen-bond acceptors (Lipinski definition) is 4. The first-order valence-electron chi connectivity index (χ1n) is 1.13. The number of rotatable bonds is 0. The van der Waals surface area contributed by atoms with Crippen LogP contribution in [0.5, 0.6) is 0 Å². The van der Waals surface area contributed by atoms with Gasteiger partial charge in [-0.25, -0.2) is 0 Å². The molecule has 0 aliphatic carbocycles. The molecule has 0 aromatic heterocycles. The van der Waals surface area contributed by atoms with Gasteiger partial charge in [-0.1, -0.05) is 0 Å². The summed E-state index contributed by atoms with van der Waals surface area (Å²) in [6.07, 6.45) is 0. The molecule has 10 heteroatoms. The Bertz CT molecular complexity index is 73.7. The van der Waals surface area contributed by atoms with Crippen LogP contribution in [0.1, 0.15) is 0 Å². The van der Waals surface area contributed by atoms with Gasteiger partial charge in [0.2, 0.25) is 0 Å². The van der Waals surface area contributed by atoms with Gasteiger partial charge in [-0.2, -0.15) is 0 Å². The van der Waals surface area contributed by atoms with Crippen LogP contribution in [0, 0.1) is 20.2 Å². The second kappa shape index (κ2) is 16.0. The quantitative estimate of drug-likeness (QED) is 0.290. The van der Waals surface area contributed by atoms with E-state index in [9.17, 15) is 0 Å². The Hall–Kier alpha value is -0.0503. The van der Waals surface area contributed by atoms with Gasteiger partial charge in [-0.15, -0.1) is 32.6 Å². The van der Waals surface area contributed by atoms with Crippen molar-refractivity contribution < 1.29 is 20.6 Å². The van der Waals surface area contributed by atoms with Gasteiger partial charge in [0, 0.05) is 0 Å². The minimum atomic E-state index is -1.50. The second-order valence-electron chi connectivity index (χ2n) is 0.476. The average molecular weight is 205 g/mol. The van der Waals surface area contributed by atoms with E-state index in [2.05, 4.69) is 0 Å². The molecule has 0 unspecified atom stereocenters. The summed E-state index contributed by atoms with van der Waals surface area (Å²) in [4.78, 5) is 16.7. The third-order valence-corrected chi connectivity index (χ3v) is 0. The van der Waals surface area contributed by atoms with Crippen LogP contribution >= 0.6 is 12.4 Å². The zero-order valence-electron chi connectivity index (χ0n) is 3.83. The maximum atomic E-state index is 8.36. The Morgan fingerprint density at radius 3 is 1.00 bits per heavy atom. The SMILES string of the molecule is Cl.O=[N+]([O-])O.O=[N+]([O-])O.[CaH2]. The first-order chi connectivity index (χ1) is 3.46. The molecular weight excluding hydrogens is 200 g/mol. The van der Waals surface area contributed by atoms with Crippen LogP contribution in [0.25, 0.3) is 0 Å². The fourth-order valence-electron chi connectivity index (χ4n) is 0. The number of halogens is 1. The van der Waals surface area contributed by atoms with E-state index in [0.29, 0.717) is 0 Å². The molecule has 0 atom stereocenters. The Kier molecular flexibility index (Phi) is 36.0. The predicted molar refractivity (Wildman–Crippen MR) is 33.4 cm³/mol. The van der Waals surface area contributed by atoms with Gasteiger partial charge in [0.25, 0.3) is 10.2 Å². The molecule has 0 saturated carbocycles. The summed E-state index contributed by atoms with van der Waals surface area (Å²) < 4.78 is 0. The third-order valence-electron chi connectivity index (χ3n) is 0. The van der Waals surface area contributed by atoms with Crippen molar-refractivity contribution in [3.8, 4) is 0 Å². The molecule has 0 saturated heterocycles. The topological polar surface area (TPSA) is 127 Å². The molecule has 60 valence electrons. The van der Waals surface area contributed by atoms with Gasteiger partial charge < -0.3 is 10.4 Å². The summed E-state index contributed by atoms with van der Waals surface area (Å²) in [6, 6.07) is 0. The van der Waals surface area contributed by atoms with Crippen LogP contribution in [0.3, 0.4) is 0 Å². The predicted octanol–water partition coefficient (Wildman–Crippen LogP) is -1.19. The Labute approximate surface area is 90.5 Å². The maximum absolute atomic E-state index is 8.36. The van der Waals surface area contributed by atoms with Crippen LogP contribution in [0.4, 0.5) is 0 Å². The summed E-state index contributed by atoms with van der Waals surface area (Å²) in [6.45, 7) is 0. The fraction of sp³-hybridized carbons (Fsp3) is 0. The van der Waals surface area contributed by atoms with E-state index in [-0.39, 0.29) is 50.1 Å².